The quantitative estimate of drug-likeness (QED) is 0.832. The smallest absolute Gasteiger partial charge is 0.141 e. The van der Waals surface area contributed by atoms with Gasteiger partial charge in [0.25, 0.3) is 0 Å². The maximum Gasteiger partial charge on any atom is 0.141 e. The van der Waals surface area contributed by atoms with Crippen LogP contribution in [0.5, 0.6) is 11.5 Å². The normalized spacial score (nSPS) is 10.9. The number of hydrogen-bond donors (Lipinski definition) is 1. The molecule has 5 heteroatoms. The summed E-state index contributed by atoms with van der Waals surface area (Å²) in [5.41, 5.74) is 1.21. The Morgan fingerprint density at radius 1 is 1.26 bits per heavy atom. The molecule has 98 valence electrons. The van der Waals surface area contributed by atoms with Crippen molar-refractivity contribution < 1.29 is 9.84 Å². The molecule has 0 aliphatic heterocycles. The van der Waals surface area contributed by atoms with Gasteiger partial charge in [-0.1, -0.05) is 27.5 Å². The molecule has 1 N–H and O–H groups in total. The van der Waals surface area contributed by atoms with Crippen LogP contribution in [0.3, 0.4) is 0 Å². The summed E-state index contributed by atoms with van der Waals surface area (Å²) >= 11 is 9.26. The summed E-state index contributed by atoms with van der Waals surface area (Å²) in [7, 11) is 1.59. The van der Waals surface area contributed by atoms with Crippen LogP contribution < -0.4 is 4.74 Å². The SMILES string of the molecule is COc1ccc(Br)cc1C=Nc1cc(Cl)ccc1O. The van der Waals surface area contributed by atoms with Gasteiger partial charge in [0.2, 0.25) is 0 Å². The fourth-order valence-corrected chi connectivity index (χ4v) is 2.09. The lowest BCUT2D eigenvalue weighted by Crippen LogP contribution is -1.90. The van der Waals surface area contributed by atoms with Gasteiger partial charge in [0.1, 0.15) is 17.2 Å². The third kappa shape index (κ3) is 3.49. The predicted molar refractivity (Wildman–Crippen MR) is 81.1 cm³/mol. The van der Waals surface area contributed by atoms with Crippen molar-refractivity contribution in [3.8, 4) is 11.5 Å². The molecule has 0 heterocycles. The number of hydrogen-bond acceptors (Lipinski definition) is 3. The summed E-state index contributed by atoms with van der Waals surface area (Å²) < 4.78 is 6.16. The van der Waals surface area contributed by atoms with Crippen molar-refractivity contribution in [2.45, 2.75) is 0 Å². The van der Waals surface area contributed by atoms with Gasteiger partial charge >= 0.3 is 0 Å². The van der Waals surface area contributed by atoms with Crippen LogP contribution in [0.4, 0.5) is 5.69 Å². The number of aromatic hydroxyl groups is 1. The average Bonchev–Trinajstić information content (AvgIpc) is 2.40. The minimum absolute atomic E-state index is 0.0783. The van der Waals surface area contributed by atoms with Gasteiger partial charge in [-0.2, -0.15) is 0 Å². The van der Waals surface area contributed by atoms with Crippen molar-refractivity contribution in [1.29, 1.82) is 0 Å². The van der Waals surface area contributed by atoms with Crippen molar-refractivity contribution in [3.63, 3.8) is 0 Å². The molecule has 3 nitrogen and oxygen atoms in total. The summed E-state index contributed by atoms with van der Waals surface area (Å²) in [5.74, 6) is 0.781. The first kappa shape index (κ1) is 13.9. The van der Waals surface area contributed by atoms with Crippen molar-refractivity contribution in [1.82, 2.24) is 0 Å². The number of phenols is 1. The fourth-order valence-electron chi connectivity index (χ4n) is 1.55. The number of rotatable bonds is 3. The van der Waals surface area contributed by atoms with Gasteiger partial charge in [-0.15, -0.1) is 0 Å². The molecule has 0 saturated carbocycles. The van der Waals surface area contributed by atoms with Crippen LogP contribution in [-0.4, -0.2) is 18.4 Å². The Morgan fingerprint density at radius 3 is 2.79 bits per heavy atom. The van der Waals surface area contributed by atoms with Gasteiger partial charge < -0.3 is 9.84 Å². The monoisotopic (exact) mass is 339 g/mol. The molecular weight excluding hydrogens is 330 g/mol. The van der Waals surface area contributed by atoms with Gasteiger partial charge in [0.05, 0.1) is 7.11 Å². The van der Waals surface area contributed by atoms with Crippen molar-refractivity contribution in [3.05, 3.63) is 51.5 Å². The van der Waals surface area contributed by atoms with Crippen LogP contribution in [0.25, 0.3) is 0 Å². The Hall–Kier alpha value is -1.52. The number of benzene rings is 2. The molecule has 0 radical (unpaired) electrons. The molecule has 0 unspecified atom stereocenters. The largest absolute Gasteiger partial charge is 0.506 e. The molecule has 2 aromatic rings. The highest BCUT2D eigenvalue weighted by atomic mass is 79.9. The van der Waals surface area contributed by atoms with Crippen LogP contribution in [0, 0.1) is 0 Å². The summed E-state index contributed by atoms with van der Waals surface area (Å²) in [6.45, 7) is 0. The summed E-state index contributed by atoms with van der Waals surface area (Å²) in [4.78, 5) is 4.23. The molecule has 0 fully saturated rings. The summed E-state index contributed by atoms with van der Waals surface area (Å²) in [6.07, 6.45) is 1.62. The van der Waals surface area contributed by atoms with Crippen molar-refractivity contribution >= 4 is 39.4 Å². The topological polar surface area (TPSA) is 41.8 Å². The fraction of sp³-hybridized carbons (Fsp3) is 0.0714. The van der Waals surface area contributed by atoms with Crippen LogP contribution in [-0.2, 0) is 0 Å². The van der Waals surface area contributed by atoms with Crippen LogP contribution in [0.1, 0.15) is 5.56 Å². The highest BCUT2D eigenvalue weighted by Crippen LogP contribution is 2.30. The second-order valence-electron chi connectivity index (χ2n) is 3.78. The first-order valence-corrected chi connectivity index (χ1v) is 6.63. The van der Waals surface area contributed by atoms with Gasteiger partial charge in [0.15, 0.2) is 0 Å². The van der Waals surface area contributed by atoms with E-state index < -0.39 is 0 Å². The zero-order valence-electron chi connectivity index (χ0n) is 10.1. The number of methoxy groups -OCH3 is 1. The van der Waals surface area contributed by atoms with Crippen LogP contribution >= 0.6 is 27.5 Å². The molecule has 0 bridgehead atoms. The van der Waals surface area contributed by atoms with Gasteiger partial charge in [-0.25, -0.2) is 0 Å². The lowest BCUT2D eigenvalue weighted by molar-refractivity contribution is 0.414. The van der Waals surface area contributed by atoms with Crippen molar-refractivity contribution in [2.24, 2.45) is 4.99 Å². The first-order chi connectivity index (χ1) is 9.10. The molecule has 0 atom stereocenters. The summed E-state index contributed by atoms with van der Waals surface area (Å²) in [5, 5.41) is 10.2. The van der Waals surface area contributed by atoms with E-state index in [0.29, 0.717) is 16.5 Å². The Kier molecular flexibility index (Phi) is 4.45. The van der Waals surface area contributed by atoms with Gasteiger partial charge in [0, 0.05) is 21.3 Å². The molecule has 2 rings (SSSR count). The van der Waals surface area contributed by atoms with Gasteiger partial charge in [-0.05, 0) is 36.4 Å². The van der Waals surface area contributed by atoms with Gasteiger partial charge in [-0.3, -0.25) is 4.99 Å². The lowest BCUT2D eigenvalue weighted by Gasteiger charge is -2.05. The van der Waals surface area contributed by atoms with E-state index in [9.17, 15) is 5.11 Å². The molecule has 0 aliphatic carbocycles. The molecule has 2 aromatic carbocycles. The number of aliphatic imine (C=N–C) groups is 1. The highest BCUT2D eigenvalue weighted by Gasteiger charge is 2.03. The highest BCUT2D eigenvalue weighted by molar-refractivity contribution is 9.10. The third-order valence-corrected chi connectivity index (χ3v) is 3.20. The maximum absolute atomic E-state index is 9.68. The Morgan fingerprint density at radius 2 is 2.05 bits per heavy atom. The Labute approximate surface area is 124 Å². The minimum Gasteiger partial charge on any atom is -0.506 e. The van der Waals surface area contributed by atoms with Crippen LogP contribution in [0.2, 0.25) is 5.02 Å². The molecule has 0 aromatic heterocycles. The van der Waals surface area contributed by atoms with E-state index in [2.05, 4.69) is 20.9 Å². The maximum atomic E-state index is 9.68. The lowest BCUT2D eigenvalue weighted by atomic mass is 10.2. The number of ether oxygens (including phenoxy) is 1. The first-order valence-electron chi connectivity index (χ1n) is 5.46. The molecule has 0 spiro atoms. The molecule has 19 heavy (non-hydrogen) atoms. The molecule has 0 amide bonds. The summed E-state index contributed by atoms with van der Waals surface area (Å²) in [6, 6.07) is 10.3. The van der Waals surface area contributed by atoms with E-state index in [0.717, 1.165) is 10.0 Å². The zero-order chi connectivity index (χ0) is 13.8. The van der Waals surface area contributed by atoms with E-state index in [1.807, 2.05) is 18.2 Å². The third-order valence-electron chi connectivity index (χ3n) is 2.47. The Bertz CT molecular complexity index is 629. The van der Waals surface area contributed by atoms with Crippen LogP contribution in [0.15, 0.2) is 45.9 Å². The second kappa shape index (κ2) is 6.08. The second-order valence-corrected chi connectivity index (χ2v) is 5.13. The van der Waals surface area contributed by atoms with E-state index in [1.165, 1.54) is 6.07 Å². The average molecular weight is 341 g/mol. The number of halogens is 2. The van der Waals surface area contributed by atoms with E-state index in [1.54, 1.807) is 25.5 Å². The Balaban J connectivity index is 2.37. The molecule has 0 aliphatic rings. The van der Waals surface area contributed by atoms with E-state index in [-0.39, 0.29) is 5.75 Å². The zero-order valence-corrected chi connectivity index (χ0v) is 12.4. The predicted octanol–water partition coefficient (Wildman–Crippen LogP) is 4.57. The van der Waals surface area contributed by atoms with E-state index >= 15 is 0 Å². The minimum atomic E-state index is 0.0783. The standard InChI is InChI=1S/C14H11BrClNO2/c1-19-14-5-2-10(15)6-9(14)8-17-12-7-11(16)3-4-13(12)18/h2-8,18H,1H3. The number of nitrogens with zero attached hydrogens (tertiary/aromatic N) is 1. The number of phenolic OH excluding ortho intramolecular Hbond substituents is 1. The molecule has 0 saturated heterocycles. The van der Waals surface area contributed by atoms with E-state index in [4.69, 9.17) is 16.3 Å². The van der Waals surface area contributed by atoms with Crippen molar-refractivity contribution in [2.75, 3.05) is 7.11 Å². The molecular formula is C14H11BrClNO2.